The van der Waals surface area contributed by atoms with E-state index in [4.69, 9.17) is 29.2 Å². The number of hydrogen-bond donors (Lipinski definition) is 2. The van der Waals surface area contributed by atoms with Gasteiger partial charge in [-0.3, -0.25) is 0 Å². The molecule has 3 aromatic carbocycles. The third-order valence-corrected chi connectivity index (χ3v) is 6.08. The first-order chi connectivity index (χ1) is 19.6. The van der Waals surface area contributed by atoms with Gasteiger partial charge in [-0.25, -0.2) is 9.59 Å². The highest BCUT2D eigenvalue weighted by molar-refractivity contribution is 5.93. The van der Waals surface area contributed by atoms with Crippen LogP contribution >= 0.6 is 0 Å². The summed E-state index contributed by atoms with van der Waals surface area (Å²) in [5.74, 6) is 0.397. The van der Waals surface area contributed by atoms with Crippen molar-refractivity contribution in [1.29, 1.82) is 0 Å². The number of unbranched alkanes of at least 4 members (excludes halogenated alkanes) is 6. The second kappa shape index (κ2) is 17.7. The number of aliphatic hydroxyl groups excluding tert-OH is 2. The van der Waals surface area contributed by atoms with Gasteiger partial charge in [0.05, 0.1) is 24.3 Å². The molecular formula is C32H38O8. The Balaban J connectivity index is 1.49. The van der Waals surface area contributed by atoms with Gasteiger partial charge in [0.15, 0.2) is 11.5 Å². The van der Waals surface area contributed by atoms with Crippen molar-refractivity contribution in [2.75, 3.05) is 26.4 Å². The molecule has 0 unspecified atom stereocenters. The fraction of sp³-hybridized carbons (Fsp3) is 0.375. The number of carbonyl (C=O) groups is 2. The number of esters is 2. The lowest BCUT2D eigenvalue weighted by Crippen LogP contribution is -2.12. The number of para-hydroxylation sites is 2. The van der Waals surface area contributed by atoms with Gasteiger partial charge in [-0.2, -0.15) is 0 Å². The van der Waals surface area contributed by atoms with Crippen LogP contribution < -0.4 is 18.9 Å². The molecule has 0 spiro atoms. The Morgan fingerprint density at radius 3 is 1.25 bits per heavy atom. The van der Waals surface area contributed by atoms with Crippen LogP contribution in [0.3, 0.4) is 0 Å². The van der Waals surface area contributed by atoms with Crippen LogP contribution in [0.2, 0.25) is 0 Å². The normalized spacial score (nSPS) is 10.7. The Labute approximate surface area is 235 Å². The fourth-order valence-corrected chi connectivity index (χ4v) is 3.83. The molecule has 3 aromatic rings. The molecule has 0 fully saturated rings. The van der Waals surface area contributed by atoms with Gasteiger partial charge in [-0.1, -0.05) is 25.0 Å². The first-order valence-corrected chi connectivity index (χ1v) is 13.8. The third kappa shape index (κ3) is 10.7. The Bertz CT molecular complexity index is 1070. The van der Waals surface area contributed by atoms with E-state index in [1.54, 1.807) is 72.8 Å². The maximum Gasteiger partial charge on any atom is 0.343 e. The number of aliphatic hydroxyl groups is 2. The first-order valence-electron chi connectivity index (χ1n) is 13.8. The van der Waals surface area contributed by atoms with Crippen molar-refractivity contribution in [3.05, 3.63) is 83.9 Å². The average Bonchev–Trinajstić information content (AvgIpc) is 2.98. The zero-order valence-corrected chi connectivity index (χ0v) is 22.8. The zero-order valence-electron chi connectivity index (χ0n) is 22.8. The second-order valence-electron chi connectivity index (χ2n) is 9.25. The van der Waals surface area contributed by atoms with Crippen LogP contribution in [0.5, 0.6) is 23.0 Å². The van der Waals surface area contributed by atoms with Crippen LogP contribution in [-0.4, -0.2) is 48.6 Å². The number of benzene rings is 3. The van der Waals surface area contributed by atoms with Crippen molar-refractivity contribution in [2.45, 2.75) is 51.4 Å². The van der Waals surface area contributed by atoms with Crippen molar-refractivity contribution in [3.63, 3.8) is 0 Å². The summed E-state index contributed by atoms with van der Waals surface area (Å²) in [6.45, 7) is 1.55. The third-order valence-electron chi connectivity index (χ3n) is 6.08. The summed E-state index contributed by atoms with van der Waals surface area (Å²) in [5.41, 5.74) is 0.667. The predicted octanol–water partition coefficient (Wildman–Crippen LogP) is 5.99. The molecule has 0 aliphatic rings. The summed E-state index contributed by atoms with van der Waals surface area (Å²) in [7, 11) is 0. The van der Waals surface area contributed by atoms with E-state index in [9.17, 15) is 9.59 Å². The summed E-state index contributed by atoms with van der Waals surface area (Å²) < 4.78 is 22.5. The lowest BCUT2D eigenvalue weighted by atomic mass is 10.2. The number of rotatable bonds is 18. The summed E-state index contributed by atoms with van der Waals surface area (Å²) in [6.07, 6.45) is 7.30. The van der Waals surface area contributed by atoms with E-state index < -0.39 is 11.9 Å². The fourth-order valence-electron chi connectivity index (χ4n) is 3.83. The van der Waals surface area contributed by atoms with E-state index in [0.717, 1.165) is 51.4 Å². The highest BCUT2D eigenvalue weighted by atomic mass is 16.6. The van der Waals surface area contributed by atoms with Gasteiger partial charge >= 0.3 is 11.9 Å². The molecule has 0 bridgehead atoms. The van der Waals surface area contributed by atoms with Crippen LogP contribution in [0.4, 0.5) is 0 Å². The Morgan fingerprint density at radius 2 is 0.875 bits per heavy atom. The number of hydrogen-bond acceptors (Lipinski definition) is 8. The largest absolute Gasteiger partial charge is 0.494 e. The molecule has 0 saturated carbocycles. The van der Waals surface area contributed by atoms with Crippen molar-refractivity contribution >= 4 is 11.9 Å². The molecule has 0 atom stereocenters. The maximum atomic E-state index is 12.7. The van der Waals surface area contributed by atoms with Crippen molar-refractivity contribution in [2.24, 2.45) is 0 Å². The van der Waals surface area contributed by atoms with E-state index in [0.29, 0.717) is 35.8 Å². The minimum absolute atomic E-state index is 0.130. The van der Waals surface area contributed by atoms with Gasteiger partial charge in [0.1, 0.15) is 11.5 Å². The van der Waals surface area contributed by atoms with Crippen LogP contribution in [-0.2, 0) is 0 Å². The summed E-state index contributed by atoms with van der Waals surface area (Å²) >= 11 is 0. The molecule has 0 saturated heterocycles. The Morgan fingerprint density at radius 1 is 0.500 bits per heavy atom. The molecule has 0 radical (unpaired) electrons. The van der Waals surface area contributed by atoms with Gasteiger partial charge in [-0.05, 0) is 99.2 Å². The monoisotopic (exact) mass is 550 g/mol. The van der Waals surface area contributed by atoms with Crippen molar-refractivity contribution < 1.29 is 38.7 Å². The minimum atomic E-state index is -0.586. The zero-order chi connectivity index (χ0) is 28.4. The van der Waals surface area contributed by atoms with E-state index >= 15 is 0 Å². The molecule has 0 aliphatic heterocycles. The molecule has 40 heavy (non-hydrogen) atoms. The standard InChI is InChI=1S/C32H38O8/c33-21-7-1-3-9-23-37-27-17-13-25(14-18-27)31(35)39-29-11-5-6-12-30(29)40-32(36)26-15-19-28(20-16-26)38-24-10-4-2-8-22-34/h5-6,11-20,33-34H,1-4,7-10,21-24H2. The smallest absolute Gasteiger partial charge is 0.343 e. The average molecular weight is 551 g/mol. The lowest BCUT2D eigenvalue weighted by Gasteiger charge is -2.11. The quantitative estimate of drug-likeness (QED) is 0.113. The Hall–Kier alpha value is -3.88. The first kappa shape index (κ1) is 30.7. The van der Waals surface area contributed by atoms with Gasteiger partial charge in [0, 0.05) is 13.2 Å². The van der Waals surface area contributed by atoms with Crippen LogP contribution in [0.1, 0.15) is 72.1 Å². The molecule has 0 aliphatic carbocycles. The molecule has 2 N–H and O–H groups in total. The molecule has 0 heterocycles. The highest BCUT2D eigenvalue weighted by Gasteiger charge is 2.16. The summed E-state index contributed by atoms with van der Waals surface area (Å²) in [5, 5.41) is 17.6. The van der Waals surface area contributed by atoms with Crippen LogP contribution in [0.25, 0.3) is 0 Å². The van der Waals surface area contributed by atoms with Gasteiger partial charge < -0.3 is 29.2 Å². The van der Waals surface area contributed by atoms with E-state index in [1.807, 2.05) is 0 Å². The van der Waals surface area contributed by atoms with E-state index in [2.05, 4.69) is 0 Å². The second-order valence-corrected chi connectivity index (χ2v) is 9.25. The van der Waals surface area contributed by atoms with E-state index in [1.165, 1.54) is 0 Å². The van der Waals surface area contributed by atoms with Gasteiger partial charge in [-0.15, -0.1) is 0 Å². The number of carbonyl (C=O) groups excluding carboxylic acids is 2. The highest BCUT2D eigenvalue weighted by Crippen LogP contribution is 2.28. The molecule has 8 heteroatoms. The van der Waals surface area contributed by atoms with Gasteiger partial charge in [0.2, 0.25) is 0 Å². The topological polar surface area (TPSA) is 112 Å². The van der Waals surface area contributed by atoms with E-state index in [-0.39, 0.29) is 24.7 Å². The minimum Gasteiger partial charge on any atom is -0.494 e. The lowest BCUT2D eigenvalue weighted by molar-refractivity contribution is 0.0682. The molecule has 0 aromatic heterocycles. The SMILES string of the molecule is O=C(Oc1ccccc1OC(=O)c1ccc(OCCCCCCO)cc1)c1ccc(OCCCCCCO)cc1. The maximum absolute atomic E-state index is 12.7. The van der Waals surface area contributed by atoms with Crippen molar-refractivity contribution in [3.8, 4) is 23.0 Å². The molecule has 8 nitrogen and oxygen atoms in total. The Kier molecular flexibility index (Phi) is 13.5. The van der Waals surface area contributed by atoms with Crippen LogP contribution in [0, 0.1) is 0 Å². The molecule has 3 rings (SSSR count). The summed E-state index contributed by atoms with van der Waals surface area (Å²) in [6, 6.07) is 19.8. The molecule has 0 amide bonds. The summed E-state index contributed by atoms with van der Waals surface area (Å²) in [4.78, 5) is 25.5. The van der Waals surface area contributed by atoms with Gasteiger partial charge in [0.25, 0.3) is 0 Å². The molecular weight excluding hydrogens is 512 g/mol. The predicted molar refractivity (Wildman–Crippen MR) is 151 cm³/mol. The number of ether oxygens (including phenoxy) is 4. The van der Waals surface area contributed by atoms with Crippen LogP contribution in [0.15, 0.2) is 72.8 Å². The van der Waals surface area contributed by atoms with Crippen molar-refractivity contribution in [1.82, 2.24) is 0 Å². The molecule has 214 valence electrons.